The molecule has 0 bridgehead atoms. The molecule has 0 aliphatic rings. The van der Waals surface area contributed by atoms with Crippen LogP contribution in [0.3, 0.4) is 0 Å². The predicted molar refractivity (Wildman–Crippen MR) is 235 cm³/mol. The Morgan fingerprint density at radius 1 is 0.224 bits per heavy atom. The van der Waals surface area contributed by atoms with Crippen molar-refractivity contribution < 1.29 is 0 Å². The fourth-order valence-electron chi connectivity index (χ4n) is 9.51. The maximum absolute atomic E-state index is 4.96. The number of benzene rings is 8. The molecule has 0 atom stereocenters. The zero-order valence-corrected chi connectivity index (χ0v) is 30.9. The molecule has 5 aromatic heterocycles. The van der Waals surface area contributed by atoms with Crippen molar-refractivity contribution in [2.24, 2.45) is 0 Å². The number of hydrogen-bond donors (Lipinski definition) is 0. The van der Waals surface area contributed by atoms with E-state index in [2.05, 4.69) is 200 Å². The van der Waals surface area contributed by atoms with Crippen LogP contribution >= 0.6 is 0 Å². The monoisotopic (exact) mass is 742 g/mol. The van der Waals surface area contributed by atoms with Gasteiger partial charge in [0, 0.05) is 54.5 Å². The van der Waals surface area contributed by atoms with Crippen molar-refractivity contribution in [3.63, 3.8) is 0 Å². The smallest absolute Gasteiger partial charge is 0.273 e. The average Bonchev–Trinajstić information content (AvgIpc) is 4.02. The van der Waals surface area contributed by atoms with Gasteiger partial charge < -0.3 is 9.13 Å². The number of nitrogens with zero attached hydrogens (tertiary/aromatic N) is 8. The summed E-state index contributed by atoms with van der Waals surface area (Å²) in [5.74, 6) is 0.799. The number of fused-ring (bicyclic) bond motifs is 14. The van der Waals surface area contributed by atoms with E-state index in [1.807, 2.05) is 0 Å². The predicted octanol–water partition coefficient (Wildman–Crippen LogP) is 11.7. The first kappa shape index (κ1) is 31.1. The zero-order valence-electron chi connectivity index (χ0n) is 30.9. The number of para-hydroxylation sites is 6. The van der Waals surface area contributed by atoms with Crippen LogP contribution in [0.1, 0.15) is 0 Å². The van der Waals surface area contributed by atoms with Gasteiger partial charge in [0.05, 0.1) is 44.1 Å². The first-order valence-electron chi connectivity index (χ1n) is 19.4. The Kier molecular flexibility index (Phi) is 6.29. The minimum absolute atomic E-state index is 0.400. The van der Waals surface area contributed by atoms with Gasteiger partial charge in [-0.1, -0.05) is 133 Å². The molecule has 0 aliphatic carbocycles. The van der Waals surface area contributed by atoms with Crippen molar-refractivity contribution >= 4 is 87.2 Å². The van der Waals surface area contributed by atoms with Crippen molar-refractivity contribution in [1.29, 1.82) is 0 Å². The first-order chi connectivity index (χ1) is 28.8. The summed E-state index contributed by atoms with van der Waals surface area (Å²) in [6.07, 6.45) is 0. The molecule has 0 saturated carbocycles. The standard InChI is InChI=1S/C50H30N8/c1-3-15-31(16-4-1)55-41-23-11-7-19-33(41)37-27-29-39-35-21-9-13-25-43(35)57(47(39)45(37)55)49-51-53-50(54-52-49)58-44-26-14-10-22-36(44)40-30-28-38-34-20-8-12-24-42(34)56(46(38)48(40)58)32-17-5-2-6-18-32/h1-30H. The third-order valence-electron chi connectivity index (χ3n) is 11.8. The minimum atomic E-state index is 0.400. The molecule has 0 radical (unpaired) electrons. The lowest BCUT2D eigenvalue weighted by Gasteiger charge is -2.12. The van der Waals surface area contributed by atoms with Crippen molar-refractivity contribution in [3.05, 3.63) is 182 Å². The lowest BCUT2D eigenvalue weighted by atomic mass is 10.1. The highest BCUT2D eigenvalue weighted by atomic mass is 15.4. The van der Waals surface area contributed by atoms with E-state index in [1.165, 1.54) is 10.8 Å². The van der Waals surface area contributed by atoms with Gasteiger partial charge >= 0.3 is 0 Å². The van der Waals surface area contributed by atoms with Gasteiger partial charge in [0.25, 0.3) is 11.9 Å². The van der Waals surface area contributed by atoms with E-state index in [4.69, 9.17) is 20.4 Å². The number of aromatic nitrogens is 8. The van der Waals surface area contributed by atoms with Crippen molar-refractivity contribution in [1.82, 2.24) is 38.7 Å². The van der Waals surface area contributed by atoms with Gasteiger partial charge in [0.2, 0.25) is 0 Å². The van der Waals surface area contributed by atoms with Crippen LogP contribution in [0.15, 0.2) is 182 Å². The van der Waals surface area contributed by atoms with E-state index in [9.17, 15) is 0 Å². The summed E-state index contributed by atoms with van der Waals surface area (Å²) in [5.41, 5.74) is 10.5. The second kappa shape index (κ2) is 11.7. The van der Waals surface area contributed by atoms with Gasteiger partial charge in [-0.25, -0.2) is 0 Å². The van der Waals surface area contributed by atoms with E-state index in [-0.39, 0.29) is 0 Å². The number of rotatable bonds is 4. The third kappa shape index (κ3) is 4.12. The maximum atomic E-state index is 4.96. The van der Waals surface area contributed by atoms with Gasteiger partial charge in [-0.15, -0.1) is 20.4 Å². The van der Waals surface area contributed by atoms with E-state index in [0.717, 1.165) is 87.8 Å². The molecule has 0 amide bonds. The summed E-state index contributed by atoms with van der Waals surface area (Å²) in [7, 11) is 0. The Labute approximate surface area is 330 Å². The van der Waals surface area contributed by atoms with Crippen LogP contribution in [-0.2, 0) is 0 Å². The average molecular weight is 743 g/mol. The fourth-order valence-corrected chi connectivity index (χ4v) is 9.51. The van der Waals surface area contributed by atoms with Crippen LogP contribution in [0.25, 0.3) is 110 Å². The Morgan fingerprint density at radius 2 is 0.483 bits per heavy atom. The summed E-state index contributed by atoms with van der Waals surface area (Å²) in [6, 6.07) is 64.1. The van der Waals surface area contributed by atoms with Crippen LogP contribution in [-0.4, -0.2) is 38.7 Å². The molecule has 270 valence electrons. The normalized spacial score (nSPS) is 12.1. The molecule has 0 fully saturated rings. The minimum Gasteiger partial charge on any atom is -0.307 e. The second-order valence-electron chi connectivity index (χ2n) is 14.8. The molecule has 0 saturated heterocycles. The Balaban J connectivity index is 1.11. The fraction of sp³-hybridized carbons (Fsp3) is 0. The number of hydrogen-bond acceptors (Lipinski definition) is 4. The van der Waals surface area contributed by atoms with Gasteiger partial charge in [0.15, 0.2) is 0 Å². The van der Waals surface area contributed by atoms with E-state index in [1.54, 1.807) is 0 Å². The highest BCUT2D eigenvalue weighted by Gasteiger charge is 2.25. The summed E-state index contributed by atoms with van der Waals surface area (Å²) >= 11 is 0. The zero-order chi connectivity index (χ0) is 37.9. The van der Waals surface area contributed by atoms with Crippen LogP contribution in [0, 0.1) is 0 Å². The molecule has 0 N–H and O–H groups in total. The quantitative estimate of drug-likeness (QED) is 0.180. The highest BCUT2D eigenvalue weighted by Crippen LogP contribution is 2.43. The van der Waals surface area contributed by atoms with Crippen LogP contribution in [0.4, 0.5) is 0 Å². The molecular formula is C50H30N8. The van der Waals surface area contributed by atoms with E-state index in [0.29, 0.717) is 11.9 Å². The van der Waals surface area contributed by atoms with Crippen LogP contribution < -0.4 is 0 Å². The molecule has 58 heavy (non-hydrogen) atoms. The molecule has 0 aliphatic heterocycles. The van der Waals surface area contributed by atoms with Gasteiger partial charge in [-0.05, 0) is 48.5 Å². The lowest BCUT2D eigenvalue weighted by Crippen LogP contribution is -2.10. The largest absolute Gasteiger partial charge is 0.307 e. The molecule has 13 rings (SSSR count). The molecule has 0 spiro atoms. The van der Waals surface area contributed by atoms with Crippen LogP contribution in [0.2, 0.25) is 0 Å². The Bertz CT molecular complexity index is 3530. The molecule has 8 aromatic carbocycles. The first-order valence-corrected chi connectivity index (χ1v) is 19.4. The second-order valence-corrected chi connectivity index (χ2v) is 14.8. The van der Waals surface area contributed by atoms with Gasteiger partial charge in [-0.2, -0.15) is 0 Å². The van der Waals surface area contributed by atoms with E-state index >= 15 is 0 Å². The summed E-state index contributed by atoms with van der Waals surface area (Å²) < 4.78 is 8.97. The van der Waals surface area contributed by atoms with E-state index < -0.39 is 0 Å². The van der Waals surface area contributed by atoms with Gasteiger partial charge in [0.1, 0.15) is 0 Å². The summed E-state index contributed by atoms with van der Waals surface area (Å²) in [4.78, 5) is 0. The molecule has 8 heteroatoms. The topological polar surface area (TPSA) is 71.3 Å². The van der Waals surface area contributed by atoms with Crippen molar-refractivity contribution in [2.45, 2.75) is 0 Å². The summed E-state index contributed by atoms with van der Waals surface area (Å²) in [6.45, 7) is 0. The lowest BCUT2D eigenvalue weighted by molar-refractivity contribution is 0.767. The maximum Gasteiger partial charge on any atom is 0.273 e. The van der Waals surface area contributed by atoms with Gasteiger partial charge in [-0.3, -0.25) is 9.13 Å². The molecular weight excluding hydrogens is 713 g/mol. The van der Waals surface area contributed by atoms with Crippen molar-refractivity contribution in [3.8, 4) is 23.3 Å². The molecule has 13 aromatic rings. The summed E-state index contributed by atoms with van der Waals surface area (Å²) in [5, 5.41) is 28.9. The third-order valence-corrected chi connectivity index (χ3v) is 11.8. The molecule has 0 unspecified atom stereocenters. The Hall–Kier alpha value is -8.10. The SMILES string of the molecule is c1ccc(-n2c3ccccc3c3ccc4c5ccccc5n(-c5nnc(-n6c7ccccc7c7ccc8c9ccccc9n(-c9ccccc9)c8c76)nn5)c4c32)cc1. The van der Waals surface area contributed by atoms with Crippen LogP contribution in [0.5, 0.6) is 0 Å². The highest BCUT2D eigenvalue weighted by molar-refractivity contribution is 6.25. The Morgan fingerprint density at radius 3 is 0.810 bits per heavy atom. The molecule has 5 heterocycles. The van der Waals surface area contributed by atoms with Crippen molar-refractivity contribution in [2.75, 3.05) is 0 Å². The molecule has 8 nitrogen and oxygen atoms in total.